The van der Waals surface area contributed by atoms with Gasteiger partial charge in [0.1, 0.15) is 17.1 Å². The van der Waals surface area contributed by atoms with Gasteiger partial charge in [-0.25, -0.2) is 4.99 Å². The number of ketones is 2. The number of piperazine rings is 1. The number of Topliss-reactive ketones (excluding diaryl/α,β-unsaturated/α-hetero) is 2. The summed E-state index contributed by atoms with van der Waals surface area (Å²) in [5, 5.41) is 4.54. The van der Waals surface area contributed by atoms with Crippen LogP contribution < -0.4 is 4.74 Å². The first-order valence-corrected chi connectivity index (χ1v) is 12.7. The summed E-state index contributed by atoms with van der Waals surface area (Å²) >= 11 is 0. The molecule has 0 saturated carbocycles. The van der Waals surface area contributed by atoms with Gasteiger partial charge in [0.25, 0.3) is 0 Å². The first-order valence-electron chi connectivity index (χ1n) is 12.7. The van der Waals surface area contributed by atoms with Crippen molar-refractivity contribution in [3.63, 3.8) is 0 Å². The summed E-state index contributed by atoms with van der Waals surface area (Å²) in [4.78, 5) is 35.0. The van der Waals surface area contributed by atoms with E-state index in [1.54, 1.807) is 11.7 Å². The zero-order chi connectivity index (χ0) is 25.5. The maximum Gasteiger partial charge on any atom is 0.180 e. The number of likely N-dealkylation sites (N-methyl/N-ethyl adjacent to an activating group) is 1. The van der Waals surface area contributed by atoms with Crippen LogP contribution in [0.5, 0.6) is 5.75 Å². The van der Waals surface area contributed by atoms with Crippen molar-refractivity contribution in [2.75, 3.05) is 45.9 Å². The standard InChI is InChI=1S/C27H39N5O3/c1-7-10-23-26(27(20(5)33)30(6)29-23)28-19(4)22-17-21(11-12-25(22)35-9-3)24(34)18-32-15-13-31(8-2)14-16-32/h11-12,17H,7-10,13-16,18H2,1-6H3. The third-order valence-electron chi connectivity index (χ3n) is 6.46. The van der Waals surface area contributed by atoms with Crippen LogP contribution in [0.1, 0.15) is 73.1 Å². The Hall–Kier alpha value is -2.84. The maximum atomic E-state index is 13.2. The normalized spacial score (nSPS) is 15.4. The van der Waals surface area contributed by atoms with Gasteiger partial charge in [0.2, 0.25) is 0 Å². The summed E-state index contributed by atoms with van der Waals surface area (Å²) in [5.41, 5.74) is 3.98. The van der Waals surface area contributed by atoms with Gasteiger partial charge >= 0.3 is 0 Å². The van der Waals surface area contributed by atoms with E-state index >= 15 is 0 Å². The summed E-state index contributed by atoms with van der Waals surface area (Å²) in [6.07, 6.45) is 1.63. The van der Waals surface area contributed by atoms with Crippen molar-refractivity contribution in [1.82, 2.24) is 19.6 Å². The van der Waals surface area contributed by atoms with Gasteiger partial charge in [-0.2, -0.15) is 5.10 Å². The Labute approximate surface area is 209 Å². The highest BCUT2D eigenvalue weighted by molar-refractivity contribution is 6.07. The third-order valence-corrected chi connectivity index (χ3v) is 6.46. The van der Waals surface area contributed by atoms with Crippen molar-refractivity contribution in [2.45, 2.75) is 47.5 Å². The molecule has 0 atom stereocenters. The fraction of sp³-hybridized carbons (Fsp3) is 0.556. The molecule has 1 aliphatic rings. The van der Waals surface area contributed by atoms with E-state index in [-0.39, 0.29) is 11.6 Å². The summed E-state index contributed by atoms with van der Waals surface area (Å²) in [6.45, 7) is 15.3. The average Bonchev–Trinajstić information content (AvgIpc) is 3.14. The Morgan fingerprint density at radius 1 is 1.06 bits per heavy atom. The minimum Gasteiger partial charge on any atom is -0.493 e. The molecule has 0 spiro atoms. The van der Waals surface area contributed by atoms with Crippen molar-refractivity contribution >= 4 is 23.0 Å². The molecule has 0 bridgehead atoms. The van der Waals surface area contributed by atoms with Crippen molar-refractivity contribution < 1.29 is 14.3 Å². The first kappa shape index (κ1) is 26.8. The molecular weight excluding hydrogens is 442 g/mol. The molecule has 3 rings (SSSR count). The highest BCUT2D eigenvalue weighted by atomic mass is 16.5. The molecule has 8 heteroatoms. The van der Waals surface area contributed by atoms with Crippen LogP contribution in [0.25, 0.3) is 0 Å². The van der Waals surface area contributed by atoms with E-state index in [9.17, 15) is 9.59 Å². The molecule has 2 aromatic rings. The van der Waals surface area contributed by atoms with Crippen molar-refractivity contribution in [2.24, 2.45) is 12.0 Å². The molecule has 8 nitrogen and oxygen atoms in total. The smallest absolute Gasteiger partial charge is 0.180 e. The Kier molecular flexibility index (Phi) is 9.34. The van der Waals surface area contributed by atoms with Gasteiger partial charge in [-0.15, -0.1) is 0 Å². The van der Waals surface area contributed by atoms with E-state index in [0.717, 1.165) is 56.8 Å². The third kappa shape index (κ3) is 6.44. The summed E-state index contributed by atoms with van der Waals surface area (Å²) < 4.78 is 7.48. The number of aliphatic imine (C=N–C) groups is 1. The largest absolute Gasteiger partial charge is 0.493 e. The molecule has 1 aromatic carbocycles. The molecular formula is C27H39N5O3. The van der Waals surface area contributed by atoms with Crippen LogP contribution in [-0.4, -0.2) is 82.7 Å². The van der Waals surface area contributed by atoms with E-state index in [4.69, 9.17) is 9.73 Å². The van der Waals surface area contributed by atoms with Crippen LogP contribution in [0.15, 0.2) is 23.2 Å². The van der Waals surface area contributed by atoms with E-state index in [0.29, 0.717) is 41.6 Å². The molecule has 35 heavy (non-hydrogen) atoms. The lowest BCUT2D eigenvalue weighted by Gasteiger charge is -2.33. The molecule has 1 saturated heterocycles. The van der Waals surface area contributed by atoms with Gasteiger partial charge in [0, 0.05) is 57.0 Å². The molecule has 0 radical (unpaired) electrons. The summed E-state index contributed by atoms with van der Waals surface area (Å²) in [6, 6.07) is 5.56. The number of aromatic nitrogens is 2. The van der Waals surface area contributed by atoms with Gasteiger partial charge in [-0.3, -0.25) is 19.2 Å². The number of ether oxygens (including phenoxy) is 1. The molecule has 2 heterocycles. The summed E-state index contributed by atoms with van der Waals surface area (Å²) in [5.74, 6) is 0.683. The fourth-order valence-electron chi connectivity index (χ4n) is 4.54. The zero-order valence-electron chi connectivity index (χ0n) is 22.1. The van der Waals surface area contributed by atoms with E-state index in [1.807, 2.05) is 32.0 Å². The van der Waals surface area contributed by atoms with Crippen LogP contribution in [-0.2, 0) is 13.5 Å². The molecule has 0 unspecified atom stereocenters. The van der Waals surface area contributed by atoms with E-state index < -0.39 is 0 Å². The van der Waals surface area contributed by atoms with Crippen LogP contribution in [0, 0.1) is 0 Å². The number of nitrogens with zero attached hydrogens (tertiary/aromatic N) is 5. The SMILES string of the molecule is CCCc1nn(C)c(C(C)=O)c1N=C(C)c1cc(C(=O)CN2CCN(CC)CC2)ccc1OCC. The number of carbonyl (C=O) groups excluding carboxylic acids is 2. The predicted molar refractivity (Wildman–Crippen MR) is 140 cm³/mol. The quantitative estimate of drug-likeness (QED) is 0.357. The molecule has 1 fully saturated rings. The maximum absolute atomic E-state index is 13.2. The fourth-order valence-corrected chi connectivity index (χ4v) is 4.54. The number of hydrogen-bond donors (Lipinski definition) is 0. The Morgan fingerprint density at radius 3 is 2.34 bits per heavy atom. The second-order valence-electron chi connectivity index (χ2n) is 9.05. The predicted octanol–water partition coefficient (Wildman–Crippen LogP) is 3.93. The van der Waals surface area contributed by atoms with E-state index in [1.165, 1.54) is 6.92 Å². The summed E-state index contributed by atoms with van der Waals surface area (Å²) in [7, 11) is 1.77. The van der Waals surface area contributed by atoms with Gasteiger partial charge in [0.05, 0.1) is 18.8 Å². The minimum atomic E-state index is -0.0777. The van der Waals surface area contributed by atoms with Crippen molar-refractivity contribution in [3.8, 4) is 5.75 Å². The highest BCUT2D eigenvalue weighted by Crippen LogP contribution is 2.29. The van der Waals surface area contributed by atoms with Crippen LogP contribution in [0.4, 0.5) is 5.69 Å². The number of carbonyl (C=O) groups is 2. The molecule has 0 N–H and O–H groups in total. The minimum absolute atomic E-state index is 0.0777. The lowest BCUT2D eigenvalue weighted by Crippen LogP contribution is -2.47. The van der Waals surface area contributed by atoms with Crippen molar-refractivity contribution in [1.29, 1.82) is 0 Å². The van der Waals surface area contributed by atoms with Gasteiger partial charge in [0.15, 0.2) is 11.6 Å². The lowest BCUT2D eigenvalue weighted by atomic mass is 10.0. The molecule has 0 aliphatic carbocycles. The number of rotatable bonds is 11. The average molecular weight is 482 g/mol. The second kappa shape index (κ2) is 12.2. The number of hydrogen-bond acceptors (Lipinski definition) is 7. The van der Waals surface area contributed by atoms with Crippen LogP contribution >= 0.6 is 0 Å². The first-order chi connectivity index (χ1) is 16.8. The molecule has 0 amide bonds. The topological polar surface area (TPSA) is 80.0 Å². The lowest BCUT2D eigenvalue weighted by molar-refractivity contribution is 0.0858. The molecule has 190 valence electrons. The molecule has 1 aliphatic heterocycles. The Bertz CT molecular complexity index is 1080. The van der Waals surface area contributed by atoms with Gasteiger partial charge < -0.3 is 9.64 Å². The Balaban J connectivity index is 1.94. The van der Waals surface area contributed by atoms with Crippen LogP contribution in [0.3, 0.4) is 0 Å². The van der Waals surface area contributed by atoms with Crippen LogP contribution in [0.2, 0.25) is 0 Å². The highest BCUT2D eigenvalue weighted by Gasteiger charge is 2.22. The monoisotopic (exact) mass is 481 g/mol. The number of aryl methyl sites for hydroxylation is 2. The van der Waals surface area contributed by atoms with Gasteiger partial charge in [-0.05, 0) is 45.0 Å². The van der Waals surface area contributed by atoms with Crippen molar-refractivity contribution in [3.05, 3.63) is 40.7 Å². The Morgan fingerprint density at radius 2 is 1.74 bits per heavy atom. The zero-order valence-corrected chi connectivity index (χ0v) is 22.1. The molecule has 1 aromatic heterocycles. The van der Waals surface area contributed by atoms with Gasteiger partial charge in [-0.1, -0.05) is 20.3 Å². The number of benzene rings is 1. The second-order valence-corrected chi connectivity index (χ2v) is 9.05. The van der Waals surface area contributed by atoms with E-state index in [2.05, 4.69) is 28.7 Å².